The van der Waals surface area contributed by atoms with E-state index in [4.69, 9.17) is 4.74 Å². The average Bonchev–Trinajstić information content (AvgIpc) is 3.28. The van der Waals surface area contributed by atoms with E-state index in [2.05, 4.69) is 17.3 Å². The lowest BCUT2D eigenvalue weighted by Crippen LogP contribution is -2.31. The van der Waals surface area contributed by atoms with Crippen LogP contribution in [0.1, 0.15) is 24.3 Å². The Morgan fingerprint density at radius 2 is 2.08 bits per heavy atom. The molecular formula is C19H21N3O2S. The van der Waals surface area contributed by atoms with E-state index < -0.39 is 6.10 Å². The molecule has 0 aliphatic heterocycles. The smallest absolute Gasteiger partial charge is 0.266 e. The van der Waals surface area contributed by atoms with Crippen LogP contribution < -0.4 is 10.1 Å². The molecule has 0 saturated heterocycles. The molecule has 1 amide bonds. The third-order valence-electron chi connectivity index (χ3n) is 3.87. The first-order chi connectivity index (χ1) is 12.2. The van der Waals surface area contributed by atoms with Crippen molar-refractivity contribution in [3.05, 3.63) is 64.5 Å². The molecule has 2 heterocycles. The summed E-state index contributed by atoms with van der Waals surface area (Å²) in [6, 6.07) is 13.6. The van der Waals surface area contributed by atoms with Gasteiger partial charge in [-0.3, -0.25) is 4.79 Å². The summed E-state index contributed by atoms with van der Waals surface area (Å²) in [6.45, 7) is 4.47. The Balaban J connectivity index is 1.60. The van der Waals surface area contributed by atoms with E-state index in [-0.39, 0.29) is 5.91 Å². The molecule has 1 aromatic carbocycles. The minimum atomic E-state index is -0.599. The molecule has 0 aliphatic carbocycles. The summed E-state index contributed by atoms with van der Waals surface area (Å²) in [4.78, 5) is 13.6. The first-order valence-corrected chi connectivity index (χ1v) is 9.14. The number of hydrogen-bond acceptors (Lipinski definition) is 4. The van der Waals surface area contributed by atoms with Crippen molar-refractivity contribution in [2.24, 2.45) is 0 Å². The zero-order chi connectivity index (χ0) is 17.6. The molecule has 6 heteroatoms. The lowest BCUT2D eigenvalue weighted by atomic mass is 10.2. The summed E-state index contributed by atoms with van der Waals surface area (Å²) >= 11 is 1.66. The molecule has 0 saturated carbocycles. The fourth-order valence-corrected chi connectivity index (χ4v) is 3.09. The Labute approximate surface area is 151 Å². The molecule has 5 nitrogen and oxygen atoms in total. The Hall–Kier alpha value is -2.60. The maximum absolute atomic E-state index is 12.4. The number of carbonyl (C=O) groups is 1. The molecule has 0 aliphatic rings. The summed E-state index contributed by atoms with van der Waals surface area (Å²) in [6.07, 6.45) is 2.06. The number of amides is 1. The van der Waals surface area contributed by atoms with Crippen molar-refractivity contribution in [1.29, 1.82) is 0 Å². The molecule has 25 heavy (non-hydrogen) atoms. The van der Waals surface area contributed by atoms with Crippen molar-refractivity contribution in [2.75, 3.05) is 5.32 Å². The van der Waals surface area contributed by atoms with E-state index in [1.165, 1.54) is 10.4 Å². The molecule has 0 spiro atoms. The first kappa shape index (κ1) is 17.2. The van der Waals surface area contributed by atoms with Gasteiger partial charge < -0.3 is 10.1 Å². The van der Waals surface area contributed by atoms with Gasteiger partial charge in [0, 0.05) is 10.9 Å². The second kappa shape index (κ2) is 7.98. The number of aryl methyl sites for hydroxylation is 1. The van der Waals surface area contributed by atoms with E-state index in [9.17, 15) is 4.79 Å². The Morgan fingerprint density at radius 1 is 1.28 bits per heavy atom. The van der Waals surface area contributed by atoms with Gasteiger partial charge in [0.25, 0.3) is 5.91 Å². The zero-order valence-electron chi connectivity index (χ0n) is 14.3. The summed E-state index contributed by atoms with van der Waals surface area (Å²) in [5.74, 6) is 1.15. The number of nitrogens with one attached hydrogen (secondary N) is 1. The Morgan fingerprint density at radius 3 is 2.76 bits per heavy atom. The molecule has 1 unspecified atom stereocenters. The summed E-state index contributed by atoms with van der Waals surface area (Å²) in [7, 11) is 0. The van der Waals surface area contributed by atoms with E-state index in [0.717, 1.165) is 6.42 Å². The summed E-state index contributed by atoms with van der Waals surface area (Å²) in [5.41, 5.74) is 1.24. The van der Waals surface area contributed by atoms with Crippen LogP contribution in [0.5, 0.6) is 5.75 Å². The molecule has 3 rings (SSSR count). The van der Waals surface area contributed by atoms with Crippen LogP contribution in [0, 0.1) is 0 Å². The average molecular weight is 355 g/mol. The van der Waals surface area contributed by atoms with Crippen molar-refractivity contribution < 1.29 is 9.53 Å². The van der Waals surface area contributed by atoms with Gasteiger partial charge in [-0.15, -0.1) is 11.3 Å². The van der Waals surface area contributed by atoms with Crippen LogP contribution in [0.2, 0.25) is 0 Å². The molecule has 1 N–H and O–H groups in total. The standard InChI is InChI=1S/C19H21N3O2S/c1-3-15-6-8-16(9-7-15)24-14(2)19(23)21-18-10-11-20-22(18)13-17-5-4-12-25-17/h4-12,14H,3,13H2,1-2H3,(H,21,23). The van der Waals surface area contributed by atoms with Crippen molar-refractivity contribution in [2.45, 2.75) is 32.9 Å². The van der Waals surface area contributed by atoms with Crippen molar-refractivity contribution >= 4 is 23.1 Å². The van der Waals surface area contributed by atoms with Gasteiger partial charge in [-0.05, 0) is 42.5 Å². The molecule has 0 fully saturated rings. The predicted molar refractivity (Wildman–Crippen MR) is 100 cm³/mol. The number of ether oxygens (including phenoxy) is 1. The molecule has 0 bridgehead atoms. The van der Waals surface area contributed by atoms with Crippen LogP contribution in [-0.4, -0.2) is 21.8 Å². The van der Waals surface area contributed by atoms with Crippen LogP contribution in [-0.2, 0) is 17.8 Å². The highest BCUT2D eigenvalue weighted by molar-refractivity contribution is 7.09. The molecule has 0 radical (unpaired) electrons. The quantitative estimate of drug-likeness (QED) is 0.698. The molecular weight excluding hydrogens is 334 g/mol. The highest BCUT2D eigenvalue weighted by Gasteiger charge is 2.17. The number of nitrogens with zero attached hydrogens (tertiary/aromatic N) is 2. The molecule has 1 atom stereocenters. The highest BCUT2D eigenvalue weighted by Crippen LogP contribution is 2.17. The number of carbonyl (C=O) groups excluding carboxylic acids is 1. The second-order valence-corrected chi connectivity index (χ2v) is 6.73. The fourth-order valence-electron chi connectivity index (χ4n) is 2.40. The number of anilines is 1. The van der Waals surface area contributed by atoms with Gasteiger partial charge in [-0.1, -0.05) is 25.1 Å². The second-order valence-electron chi connectivity index (χ2n) is 5.70. The monoisotopic (exact) mass is 355 g/mol. The number of rotatable bonds is 7. The number of hydrogen-bond donors (Lipinski definition) is 1. The van der Waals surface area contributed by atoms with Crippen LogP contribution in [0.15, 0.2) is 54.0 Å². The molecule has 130 valence electrons. The fraction of sp³-hybridized carbons (Fsp3) is 0.263. The predicted octanol–water partition coefficient (Wildman–Crippen LogP) is 3.96. The first-order valence-electron chi connectivity index (χ1n) is 8.26. The van der Waals surface area contributed by atoms with Crippen molar-refractivity contribution in [3.8, 4) is 5.75 Å². The normalized spacial score (nSPS) is 11.9. The van der Waals surface area contributed by atoms with Gasteiger partial charge >= 0.3 is 0 Å². The Kier molecular flexibility index (Phi) is 5.50. The molecule has 2 aromatic heterocycles. The SMILES string of the molecule is CCc1ccc(OC(C)C(=O)Nc2ccnn2Cc2cccs2)cc1. The third-order valence-corrected chi connectivity index (χ3v) is 4.73. The third kappa shape index (κ3) is 4.48. The van der Waals surface area contributed by atoms with Crippen molar-refractivity contribution in [1.82, 2.24) is 9.78 Å². The number of aromatic nitrogens is 2. The zero-order valence-corrected chi connectivity index (χ0v) is 15.1. The van der Waals surface area contributed by atoms with E-state index in [1.54, 1.807) is 35.2 Å². The maximum Gasteiger partial charge on any atom is 0.266 e. The summed E-state index contributed by atoms with van der Waals surface area (Å²) in [5, 5.41) is 9.19. The van der Waals surface area contributed by atoms with E-state index >= 15 is 0 Å². The minimum Gasteiger partial charge on any atom is -0.481 e. The van der Waals surface area contributed by atoms with Gasteiger partial charge in [0.15, 0.2) is 6.10 Å². The van der Waals surface area contributed by atoms with Crippen molar-refractivity contribution in [3.63, 3.8) is 0 Å². The van der Waals surface area contributed by atoms with Crippen LogP contribution in [0.25, 0.3) is 0 Å². The van der Waals surface area contributed by atoms with E-state index in [0.29, 0.717) is 18.1 Å². The summed E-state index contributed by atoms with van der Waals surface area (Å²) < 4.78 is 7.50. The van der Waals surface area contributed by atoms with Crippen LogP contribution in [0.4, 0.5) is 5.82 Å². The van der Waals surface area contributed by atoms with Gasteiger partial charge in [-0.2, -0.15) is 5.10 Å². The lowest BCUT2D eigenvalue weighted by Gasteiger charge is -2.15. The van der Waals surface area contributed by atoms with Gasteiger partial charge in [0.05, 0.1) is 12.7 Å². The van der Waals surface area contributed by atoms with Crippen LogP contribution >= 0.6 is 11.3 Å². The maximum atomic E-state index is 12.4. The largest absolute Gasteiger partial charge is 0.481 e. The number of thiophene rings is 1. The minimum absolute atomic E-state index is 0.201. The number of benzene rings is 1. The Bertz CT molecular complexity index is 810. The molecule has 3 aromatic rings. The van der Waals surface area contributed by atoms with Gasteiger partial charge in [-0.25, -0.2) is 4.68 Å². The van der Waals surface area contributed by atoms with Gasteiger partial charge in [0.1, 0.15) is 11.6 Å². The van der Waals surface area contributed by atoms with Crippen LogP contribution in [0.3, 0.4) is 0 Å². The highest BCUT2D eigenvalue weighted by atomic mass is 32.1. The lowest BCUT2D eigenvalue weighted by molar-refractivity contribution is -0.122. The topological polar surface area (TPSA) is 56.1 Å². The van der Waals surface area contributed by atoms with E-state index in [1.807, 2.05) is 41.8 Å². The van der Waals surface area contributed by atoms with Gasteiger partial charge in [0.2, 0.25) is 0 Å².